The molecule has 1 unspecified atom stereocenters. The number of nitrogens with one attached hydrogen (secondary N) is 2. The van der Waals surface area contributed by atoms with Crippen LogP contribution in [0.1, 0.15) is 92.0 Å². The van der Waals surface area contributed by atoms with Gasteiger partial charge in [-0.3, -0.25) is 24.3 Å². The van der Waals surface area contributed by atoms with Crippen molar-refractivity contribution >= 4 is 35.3 Å². The number of aldehydes is 2. The summed E-state index contributed by atoms with van der Waals surface area (Å²) >= 11 is 0. The Morgan fingerprint density at radius 1 is 1.02 bits per heavy atom. The number of rotatable bonds is 12. The Hall–Kier alpha value is -5.34. The molecule has 14 nitrogen and oxygen atoms in total. The first-order valence-corrected chi connectivity index (χ1v) is 21.3. The van der Waals surface area contributed by atoms with Crippen molar-refractivity contribution in [2.75, 3.05) is 58.7 Å². The molecule has 8 rings (SSSR count). The fourth-order valence-corrected chi connectivity index (χ4v) is 9.47. The van der Waals surface area contributed by atoms with Gasteiger partial charge in [-0.25, -0.2) is 18.3 Å². The molecule has 61 heavy (non-hydrogen) atoms. The van der Waals surface area contributed by atoms with Gasteiger partial charge in [-0.15, -0.1) is 0 Å². The van der Waals surface area contributed by atoms with Crippen molar-refractivity contribution in [3.63, 3.8) is 0 Å². The zero-order valence-electron chi connectivity index (χ0n) is 35.4. The number of hydrogen-bond donors (Lipinski definition) is 3. The Labute approximate surface area is 354 Å². The number of carbonyl (C=O) groups excluding carboxylic acids is 3. The minimum absolute atomic E-state index is 0.0499. The second kappa shape index (κ2) is 18.7. The van der Waals surface area contributed by atoms with Crippen molar-refractivity contribution in [2.24, 2.45) is 5.92 Å². The van der Waals surface area contributed by atoms with Crippen molar-refractivity contribution < 1.29 is 28.3 Å². The number of halogens is 2. The molecule has 324 valence electrons. The van der Waals surface area contributed by atoms with Crippen LogP contribution in [0.4, 0.5) is 14.5 Å². The average molecular weight is 839 g/mol. The van der Waals surface area contributed by atoms with E-state index in [1.54, 1.807) is 32.0 Å². The van der Waals surface area contributed by atoms with Gasteiger partial charge in [0.2, 0.25) is 5.91 Å². The molecule has 1 saturated carbocycles. The van der Waals surface area contributed by atoms with Gasteiger partial charge in [0.25, 0.3) is 0 Å². The molecule has 3 N–H and O–H groups in total. The Morgan fingerprint density at radius 2 is 1.72 bits per heavy atom. The second-order valence-electron chi connectivity index (χ2n) is 17.1. The standard InChI is InChI=1S/C36H51F2N7O3.C9H5N3O/c1-36(2,48)28-18-33-41-31(21-45(33)22-32(28)39-3)23-7-9-24(10-8-23)42-11-13-43(14-12-42)26-19-44(20-26)25-16-29(37)34(30(38)17-25)27(6-5-15-46)35(47)40-4;10-4-7-3-8-1-2-9(6-13)12(8)11-5-7/h15-16,18,21-27,39,48H,5-14,17,19-20H2,1-4H3,(H,40,47);1-3,5-6H/t23?,24?,25?,27-;/m1./s1. The van der Waals surface area contributed by atoms with Gasteiger partial charge in [-0.2, -0.15) is 10.4 Å². The summed E-state index contributed by atoms with van der Waals surface area (Å²) in [5.41, 5.74) is 4.31. The van der Waals surface area contributed by atoms with E-state index in [0.29, 0.717) is 35.5 Å². The maximum Gasteiger partial charge on any atom is 0.227 e. The van der Waals surface area contributed by atoms with Gasteiger partial charge in [-0.1, -0.05) is 0 Å². The molecule has 0 bridgehead atoms. The average Bonchev–Trinajstić information content (AvgIpc) is 3.87. The van der Waals surface area contributed by atoms with E-state index in [-0.39, 0.29) is 30.9 Å². The summed E-state index contributed by atoms with van der Waals surface area (Å²) in [6.07, 6.45) is 13.2. The first-order valence-electron chi connectivity index (χ1n) is 21.3. The molecule has 2 aliphatic carbocycles. The summed E-state index contributed by atoms with van der Waals surface area (Å²) in [5, 5.41) is 28.9. The number of piperazine rings is 1. The number of carbonyl (C=O) groups is 3. The molecule has 4 aliphatic rings. The van der Waals surface area contributed by atoms with E-state index in [1.807, 2.05) is 25.4 Å². The highest BCUT2D eigenvalue weighted by Gasteiger charge is 2.41. The van der Waals surface area contributed by atoms with Gasteiger partial charge in [0, 0.05) is 114 Å². The molecule has 16 heteroatoms. The summed E-state index contributed by atoms with van der Waals surface area (Å²) in [6.45, 7) is 9.22. The number of nitriles is 1. The van der Waals surface area contributed by atoms with E-state index in [4.69, 9.17) is 10.2 Å². The van der Waals surface area contributed by atoms with Crippen LogP contribution in [0, 0.1) is 17.2 Å². The highest BCUT2D eigenvalue weighted by molar-refractivity contribution is 5.83. The number of likely N-dealkylation sites (tertiary alicyclic amines) is 1. The van der Waals surface area contributed by atoms with Gasteiger partial charge in [-0.05, 0) is 76.3 Å². The quantitative estimate of drug-likeness (QED) is 0.162. The van der Waals surface area contributed by atoms with E-state index in [1.165, 1.54) is 23.8 Å². The highest BCUT2D eigenvalue weighted by atomic mass is 19.1. The number of fused-ring (bicyclic) bond motifs is 2. The molecule has 0 spiro atoms. The van der Waals surface area contributed by atoms with Gasteiger partial charge in [0.15, 0.2) is 6.29 Å². The van der Waals surface area contributed by atoms with Crippen LogP contribution in [0.5, 0.6) is 0 Å². The maximum atomic E-state index is 15.2. The van der Waals surface area contributed by atoms with Crippen LogP contribution in [-0.2, 0) is 15.2 Å². The van der Waals surface area contributed by atoms with Crippen molar-refractivity contribution in [3.05, 3.63) is 88.7 Å². The first kappa shape index (κ1) is 43.7. The Bertz CT molecular complexity index is 2340. The zero-order chi connectivity index (χ0) is 43.4. The van der Waals surface area contributed by atoms with Crippen LogP contribution in [0.3, 0.4) is 0 Å². The van der Waals surface area contributed by atoms with E-state index in [9.17, 15) is 19.5 Å². The predicted molar refractivity (Wildman–Crippen MR) is 227 cm³/mol. The van der Waals surface area contributed by atoms with Crippen molar-refractivity contribution in [1.29, 1.82) is 5.26 Å². The summed E-state index contributed by atoms with van der Waals surface area (Å²) in [6, 6.07) is 9.67. The SMILES string of the molecule is CNC(=O)[C@H](CCC=O)C1=C(F)CC(N2CC(N3CCN(C4CCC(c5cn6cc(NC)c(C(C)(C)O)cc6n5)CC4)CC3)C2)C=C1F.N#Cc1cnn2c(C=O)ccc2c1. The molecule has 4 aromatic heterocycles. The van der Waals surface area contributed by atoms with E-state index < -0.39 is 29.1 Å². The highest BCUT2D eigenvalue weighted by Crippen LogP contribution is 2.39. The summed E-state index contributed by atoms with van der Waals surface area (Å²) in [7, 11) is 3.31. The topological polar surface area (TPSA) is 164 Å². The fraction of sp³-hybridized carbons (Fsp3) is 0.511. The van der Waals surface area contributed by atoms with Gasteiger partial charge < -0.3 is 24.9 Å². The maximum absolute atomic E-state index is 15.2. The number of hydrogen-bond acceptors (Lipinski definition) is 11. The van der Waals surface area contributed by atoms with E-state index >= 15 is 8.78 Å². The second-order valence-corrected chi connectivity index (χ2v) is 17.1. The van der Waals surface area contributed by atoms with Crippen molar-refractivity contribution in [2.45, 2.75) is 88.4 Å². The monoisotopic (exact) mass is 838 g/mol. The first-order chi connectivity index (χ1) is 29.3. The Kier molecular flexibility index (Phi) is 13.4. The lowest BCUT2D eigenvalue weighted by Crippen LogP contribution is -2.65. The smallest absolute Gasteiger partial charge is 0.227 e. The molecule has 3 fully saturated rings. The summed E-state index contributed by atoms with van der Waals surface area (Å²) in [4.78, 5) is 46.0. The van der Waals surface area contributed by atoms with Crippen LogP contribution in [-0.4, -0.2) is 129 Å². The number of anilines is 1. The number of amides is 1. The number of pyridine rings is 1. The van der Waals surface area contributed by atoms with Gasteiger partial charge in [0.05, 0.1) is 40.2 Å². The summed E-state index contributed by atoms with van der Waals surface area (Å²) < 4.78 is 34.0. The molecule has 0 aromatic carbocycles. The third-order valence-electron chi connectivity index (χ3n) is 12.9. The summed E-state index contributed by atoms with van der Waals surface area (Å²) in [5.74, 6) is -2.31. The predicted octanol–water partition coefficient (Wildman–Crippen LogP) is 5.14. The lowest BCUT2D eigenvalue weighted by Gasteiger charge is -2.51. The fourth-order valence-electron chi connectivity index (χ4n) is 9.47. The van der Waals surface area contributed by atoms with Crippen LogP contribution < -0.4 is 10.6 Å². The minimum Gasteiger partial charge on any atom is -0.387 e. The van der Waals surface area contributed by atoms with Gasteiger partial charge >= 0.3 is 0 Å². The van der Waals surface area contributed by atoms with Crippen LogP contribution in [0.2, 0.25) is 0 Å². The Balaban J connectivity index is 0.000000366. The molecule has 2 aliphatic heterocycles. The Morgan fingerprint density at radius 3 is 2.33 bits per heavy atom. The number of aromatic nitrogens is 4. The third kappa shape index (κ3) is 9.45. The van der Waals surface area contributed by atoms with Crippen molar-refractivity contribution in [1.82, 2.24) is 39.0 Å². The molecule has 6 heterocycles. The number of allylic oxidation sites excluding steroid dienone is 1. The van der Waals surface area contributed by atoms with E-state index in [2.05, 4.69) is 41.0 Å². The molecule has 2 atom stereocenters. The molecular weight excluding hydrogens is 783 g/mol. The number of nitrogens with zero attached hydrogens (tertiary/aromatic N) is 8. The third-order valence-corrected chi connectivity index (χ3v) is 12.9. The molecule has 4 aromatic rings. The van der Waals surface area contributed by atoms with E-state index in [0.717, 1.165) is 99.3 Å². The molecule has 1 amide bonds. The molecular formula is C45H56F2N10O4. The lowest BCUT2D eigenvalue weighted by atomic mass is 9.83. The van der Waals surface area contributed by atoms with Crippen molar-refractivity contribution in [3.8, 4) is 6.07 Å². The zero-order valence-corrected chi connectivity index (χ0v) is 35.4. The van der Waals surface area contributed by atoms with Crippen LogP contribution in [0.25, 0.3) is 11.2 Å². The number of aliphatic hydroxyl groups is 1. The van der Waals surface area contributed by atoms with Crippen LogP contribution >= 0.6 is 0 Å². The largest absolute Gasteiger partial charge is 0.387 e. The number of imidazole rings is 1. The lowest BCUT2D eigenvalue weighted by molar-refractivity contribution is -0.123. The molecule has 0 radical (unpaired) electrons. The minimum atomic E-state index is -1.00. The van der Waals surface area contributed by atoms with Gasteiger partial charge in [0.1, 0.15) is 35.4 Å². The normalized spacial score (nSPS) is 22.5. The molecule has 2 saturated heterocycles. The van der Waals surface area contributed by atoms with Crippen LogP contribution in [0.15, 0.2) is 66.2 Å².